The Bertz CT molecular complexity index is 1020. The molecule has 0 aliphatic carbocycles. The van der Waals surface area contributed by atoms with Crippen molar-refractivity contribution in [2.45, 2.75) is 40.2 Å². The number of nitrogens with one attached hydrogen (secondary N) is 1. The summed E-state index contributed by atoms with van der Waals surface area (Å²) in [5.74, 6) is -0.764. The van der Waals surface area contributed by atoms with E-state index in [1.807, 2.05) is 87.5 Å². The van der Waals surface area contributed by atoms with Crippen LogP contribution in [0.4, 0.5) is 5.69 Å². The van der Waals surface area contributed by atoms with E-state index in [1.54, 1.807) is 6.92 Å². The molecule has 154 valence electrons. The lowest BCUT2D eigenvalue weighted by atomic mass is 10.0. The molecule has 0 unspecified atom stereocenters. The van der Waals surface area contributed by atoms with Crippen LogP contribution < -0.4 is 5.32 Å². The maximum atomic E-state index is 12.5. The fourth-order valence-corrected chi connectivity index (χ4v) is 3.51. The molecule has 0 spiro atoms. The summed E-state index contributed by atoms with van der Waals surface area (Å²) in [6, 6.07) is 21.9. The highest BCUT2D eigenvalue weighted by atomic mass is 16.5. The Morgan fingerprint density at radius 2 is 1.43 bits per heavy atom. The van der Waals surface area contributed by atoms with Gasteiger partial charge in [0.05, 0.1) is 6.42 Å². The summed E-state index contributed by atoms with van der Waals surface area (Å²) >= 11 is 0. The molecule has 0 aromatic heterocycles. The molecule has 4 nitrogen and oxygen atoms in total. The average molecular weight is 402 g/mol. The van der Waals surface area contributed by atoms with Crippen LogP contribution in [0.25, 0.3) is 11.1 Å². The lowest BCUT2D eigenvalue weighted by Crippen LogP contribution is -2.31. The number of hydrogen-bond acceptors (Lipinski definition) is 3. The molecule has 3 rings (SSSR count). The van der Waals surface area contributed by atoms with Crippen LogP contribution in [0.5, 0.6) is 0 Å². The average Bonchev–Trinajstić information content (AvgIpc) is 2.71. The highest BCUT2D eigenvalue weighted by Crippen LogP contribution is 2.22. The monoisotopic (exact) mass is 401 g/mol. The van der Waals surface area contributed by atoms with Gasteiger partial charge in [0.15, 0.2) is 6.10 Å². The number of esters is 1. The maximum absolute atomic E-state index is 12.5. The van der Waals surface area contributed by atoms with Crippen molar-refractivity contribution < 1.29 is 14.3 Å². The van der Waals surface area contributed by atoms with Gasteiger partial charge in [-0.15, -0.1) is 0 Å². The Morgan fingerprint density at radius 3 is 2.03 bits per heavy atom. The van der Waals surface area contributed by atoms with Crippen LogP contribution in [0.3, 0.4) is 0 Å². The Morgan fingerprint density at radius 1 is 0.867 bits per heavy atom. The number of carbonyl (C=O) groups excluding carboxylic acids is 2. The molecule has 0 heterocycles. The number of ether oxygens (including phenoxy) is 1. The molecule has 3 aromatic carbocycles. The summed E-state index contributed by atoms with van der Waals surface area (Å²) < 4.78 is 5.36. The van der Waals surface area contributed by atoms with Crippen LogP contribution in [-0.2, 0) is 20.7 Å². The van der Waals surface area contributed by atoms with Crippen molar-refractivity contribution in [3.05, 3.63) is 89.0 Å². The second kappa shape index (κ2) is 9.40. The van der Waals surface area contributed by atoms with Crippen molar-refractivity contribution in [2.24, 2.45) is 0 Å². The number of hydrogen-bond donors (Lipinski definition) is 1. The second-order valence-corrected chi connectivity index (χ2v) is 7.63. The molecule has 30 heavy (non-hydrogen) atoms. The minimum atomic E-state index is -0.874. The third kappa shape index (κ3) is 5.35. The van der Waals surface area contributed by atoms with Gasteiger partial charge in [0.1, 0.15) is 0 Å². The Hall–Kier alpha value is -3.40. The third-order valence-electron chi connectivity index (χ3n) is 5.01. The SMILES string of the molecule is Cc1cc(C)c(NC(=O)[C@H](C)OC(=O)Cc2ccc(-c3ccccc3)cc2)c(C)c1. The van der Waals surface area contributed by atoms with Crippen LogP contribution in [0.2, 0.25) is 0 Å². The van der Waals surface area contributed by atoms with Gasteiger partial charge in [-0.3, -0.25) is 9.59 Å². The highest BCUT2D eigenvalue weighted by molar-refractivity contribution is 5.96. The molecular formula is C26H27NO3. The van der Waals surface area contributed by atoms with Crippen molar-refractivity contribution in [1.29, 1.82) is 0 Å². The molecule has 0 fully saturated rings. The second-order valence-electron chi connectivity index (χ2n) is 7.63. The van der Waals surface area contributed by atoms with E-state index in [0.29, 0.717) is 0 Å². The van der Waals surface area contributed by atoms with Gasteiger partial charge >= 0.3 is 5.97 Å². The number of benzene rings is 3. The zero-order valence-corrected chi connectivity index (χ0v) is 17.9. The third-order valence-corrected chi connectivity index (χ3v) is 5.01. The molecule has 4 heteroatoms. The predicted octanol–water partition coefficient (Wildman–Crippen LogP) is 5.39. The fraction of sp³-hybridized carbons (Fsp3) is 0.231. The standard InChI is InChI=1S/C26H27NO3/c1-17-14-18(2)25(19(3)15-17)27-26(29)20(4)30-24(28)16-21-10-12-23(13-11-21)22-8-6-5-7-9-22/h5-15,20H,16H2,1-4H3,(H,27,29)/t20-/m0/s1. The van der Waals surface area contributed by atoms with Crippen molar-refractivity contribution in [2.75, 3.05) is 5.32 Å². The molecule has 1 N–H and O–H groups in total. The van der Waals surface area contributed by atoms with E-state index in [2.05, 4.69) is 5.32 Å². The van der Waals surface area contributed by atoms with Gasteiger partial charge in [0.2, 0.25) is 0 Å². The minimum Gasteiger partial charge on any atom is -0.452 e. The van der Waals surface area contributed by atoms with E-state index in [9.17, 15) is 9.59 Å². The van der Waals surface area contributed by atoms with Crippen LogP contribution in [0.15, 0.2) is 66.7 Å². The number of amides is 1. The molecule has 1 amide bonds. The van der Waals surface area contributed by atoms with Crippen LogP contribution in [0.1, 0.15) is 29.2 Å². The van der Waals surface area contributed by atoms with Gasteiger partial charge in [-0.1, -0.05) is 72.3 Å². The van der Waals surface area contributed by atoms with Gasteiger partial charge in [-0.25, -0.2) is 0 Å². The minimum absolute atomic E-state index is 0.120. The Labute approximate surface area is 177 Å². The zero-order valence-electron chi connectivity index (χ0n) is 17.9. The number of anilines is 1. The van der Waals surface area contributed by atoms with E-state index in [4.69, 9.17) is 4.74 Å². The van der Waals surface area contributed by atoms with Crippen LogP contribution in [0, 0.1) is 20.8 Å². The van der Waals surface area contributed by atoms with Crippen molar-refractivity contribution in [3.63, 3.8) is 0 Å². The lowest BCUT2D eigenvalue weighted by Gasteiger charge is -2.17. The zero-order chi connectivity index (χ0) is 21.7. The molecule has 1 atom stereocenters. The first-order chi connectivity index (χ1) is 14.3. The summed E-state index contributed by atoms with van der Waals surface area (Å²) in [5, 5.41) is 2.88. The normalized spacial score (nSPS) is 11.6. The molecule has 0 aliphatic rings. The molecular weight excluding hydrogens is 374 g/mol. The molecule has 0 saturated carbocycles. The van der Waals surface area contributed by atoms with E-state index in [-0.39, 0.29) is 12.3 Å². The predicted molar refractivity (Wildman–Crippen MR) is 120 cm³/mol. The van der Waals surface area contributed by atoms with E-state index in [0.717, 1.165) is 39.1 Å². The molecule has 3 aromatic rings. The van der Waals surface area contributed by atoms with Crippen molar-refractivity contribution in [1.82, 2.24) is 0 Å². The fourth-order valence-electron chi connectivity index (χ4n) is 3.51. The smallest absolute Gasteiger partial charge is 0.311 e. The molecule has 0 bridgehead atoms. The molecule has 0 aliphatic heterocycles. The highest BCUT2D eigenvalue weighted by Gasteiger charge is 2.19. The quantitative estimate of drug-likeness (QED) is 0.563. The van der Waals surface area contributed by atoms with E-state index >= 15 is 0 Å². The van der Waals surface area contributed by atoms with Crippen molar-refractivity contribution in [3.8, 4) is 11.1 Å². The summed E-state index contributed by atoms with van der Waals surface area (Å²) in [7, 11) is 0. The number of rotatable bonds is 6. The first-order valence-electron chi connectivity index (χ1n) is 10.1. The van der Waals surface area contributed by atoms with Gasteiger partial charge in [0.25, 0.3) is 5.91 Å². The largest absolute Gasteiger partial charge is 0.452 e. The summed E-state index contributed by atoms with van der Waals surface area (Å²) in [6.45, 7) is 7.50. The first kappa shape index (κ1) is 21.3. The molecule has 0 saturated heterocycles. The van der Waals surface area contributed by atoms with Crippen LogP contribution in [-0.4, -0.2) is 18.0 Å². The van der Waals surface area contributed by atoms with Crippen LogP contribution >= 0.6 is 0 Å². The van der Waals surface area contributed by atoms with Gasteiger partial charge in [-0.05, 0) is 55.5 Å². The molecule has 0 radical (unpaired) electrons. The summed E-state index contributed by atoms with van der Waals surface area (Å²) in [6.07, 6.45) is -0.754. The topological polar surface area (TPSA) is 55.4 Å². The summed E-state index contributed by atoms with van der Waals surface area (Å²) in [5.41, 5.74) is 6.93. The maximum Gasteiger partial charge on any atom is 0.311 e. The van der Waals surface area contributed by atoms with E-state index in [1.165, 1.54) is 0 Å². The van der Waals surface area contributed by atoms with Gasteiger partial charge in [-0.2, -0.15) is 0 Å². The van der Waals surface area contributed by atoms with Gasteiger partial charge < -0.3 is 10.1 Å². The number of aryl methyl sites for hydroxylation is 3. The van der Waals surface area contributed by atoms with E-state index < -0.39 is 12.1 Å². The Balaban J connectivity index is 1.57. The summed E-state index contributed by atoms with van der Waals surface area (Å²) in [4.78, 5) is 24.8. The van der Waals surface area contributed by atoms with Gasteiger partial charge in [0, 0.05) is 5.69 Å². The lowest BCUT2D eigenvalue weighted by molar-refractivity contribution is -0.152. The first-order valence-corrected chi connectivity index (χ1v) is 10.1. The van der Waals surface area contributed by atoms with Crippen molar-refractivity contribution >= 4 is 17.6 Å². The number of carbonyl (C=O) groups is 2. The Kier molecular flexibility index (Phi) is 6.68.